The molecular weight excluding hydrogens is 753 g/mol. The fourth-order valence-electron chi connectivity index (χ4n) is 4.31. The maximum atomic E-state index is 11.8. The molecule has 11 heteroatoms. The zero-order valence-electron chi connectivity index (χ0n) is 40.3. The van der Waals surface area contributed by atoms with Crippen molar-refractivity contribution in [3.05, 3.63) is 99.7 Å². The number of carboxylic acids is 1. The Morgan fingerprint density at radius 2 is 1.22 bits per heavy atom. The number of aromatic carboxylic acids is 1. The van der Waals surface area contributed by atoms with E-state index in [-0.39, 0.29) is 16.7 Å². The number of phenolic OH excluding ortho intramolecular Hbond substituents is 1. The standard InChI is InChI=1S/C21H14O5.2C5H9N3.6C3H8/c1-11-2-5-14(21(24)25)17(8-11)20-15-6-3-12(22)9-18(15)26-19-10-13(23)4-7-16(19)20;1-3-5-4-8(2)7-6-5;1-3-8-4-5(2)6-7-8;6*1-3-2/h2-10,22H,1H3,(H,24,25);2*4H,3H2,1-2H3;6*3H2,1-2H3. The van der Waals surface area contributed by atoms with Gasteiger partial charge in [0.25, 0.3) is 0 Å². The summed E-state index contributed by atoms with van der Waals surface area (Å²) in [5, 5.41) is 35.3. The van der Waals surface area contributed by atoms with Crippen molar-refractivity contribution in [2.24, 2.45) is 7.05 Å². The normalized spacial score (nSPS) is 9.22. The number of phenols is 1. The van der Waals surface area contributed by atoms with Crippen molar-refractivity contribution in [1.82, 2.24) is 30.0 Å². The van der Waals surface area contributed by atoms with Crippen LogP contribution >= 0.6 is 0 Å². The van der Waals surface area contributed by atoms with Crippen molar-refractivity contribution in [2.45, 2.75) is 162 Å². The van der Waals surface area contributed by atoms with Gasteiger partial charge in [0.15, 0.2) is 5.43 Å². The van der Waals surface area contributed by atoms with Gasteiger partial charge >= 0.3 is 5.97 Å². The van der Waals surface area contributed by atoms with Gasteiger partial charge in [-0.2, -0.15) is 0 Å². The Kier molecular flexibility index (Phi) is 36.1. The summed E-state index contributed by atoms with van der Waals surface area (Å²) in [7, 11) is 1.87. The summed E-state index contributed by atoms with van der Waals surface area (Å²) in [6.45, 7) is 34.3. The van der Waals surface area contributed by atoms with Gasteiger partial charge in [0.2, 0.25) is 0 Å². The van der Waals surface area contributed by atoms with E-state index in [0.29, 0.717) is 33.4 Å². The van der Waals surface area contributed by atoms with E-state index >= 15 is 0 Å². The maximum absolute atomic E-state index is 11.8. The summed E-state index contributed by atoms with van der Waals surface area (Å²) in [4.78, 5) is 23.5. The molecule has 0 unspecified atom stereocenters. The van der Waals surface area contributed by atoms with Gasteiger partial charge in [0, 0.05) is 54.6 Å². The molecule has 1 aliphatic carbocycles. The number of fused-ring (bicyclic) bond motifs is 2. The highest BCUT2D eigenvalue weighted by Gasteiger charge is 2.21. The first-order valence-electron chi connectivity index (χ1n) is 21.8. The molecule has 2 N–H and O–H groups in total. The average molecular weight is 833 g/mol. The molecule has 0 atom stereocenters. The predicted molar refractivity (Wildman–Crippen MR) is 255 cm³/mol. The lowest BCUT2D eigenvalue weighted by molar-refractivity contribution is 0.0697. The lowest BCUT2D eigenvalue weighted by atomic mass is 9.90. The third-order valence-corrected chi connectivity index (χ3v) is 6.34. The Morgan fingerprint density at radius 3 is 1.62 bits per heavy atom. The van der Waals surface area contributed by atoms with Crippen LogP contribution in [0.5, 0.6) is 5.75 Å². The molecule has 0 amide bonds. The number of carbonyl (C=O) groups is 1. The molecule has 2 aromatic carbocycles. The first kappa shape index (κ1) is 59.0. The van der Waals surface area contributed by atoms with Crippen LogP contribution in [0.15, 0.2) is 76.2 Å². The largest absolute Gasteiger partial charge is 0.508 e. The number of nitrogens with zero attached hydrogens (tertiary/aromatic N) is 6. The lowest BCUT2D eigenvalue weighted by Crippen LogP contribution is -2.03. The molecule has 0 radical (unpaired) electrons. The molecule has 0 fully saturated rings. The van der Waals surface area contributed by atoms with Crippen molar-refractivity contribution in [3.8, 4) is 28.2 Å². The molecule has 0 spiro atoms. The Hall–Kier alpha value is -5.32. The Morgan fingerprint density at radius 1 is 0.667 bits per heavy atom. The third kappa shape index (κ3) is 24.6. The van der Waals surface area contributed by atoms with E-state index in [4.69, 9.17) is 4.42 Å². The molecule has 2 aliphatic rings. The Bertz CT molecular complexity index is 1920. The van der Waals surface area contributed by atoms with Crippen molar-refractivity contribution in [2.75, 3.05) is 0 Å². The van der Waals surface area contributed by atoms with Crippen LogP contribution in [-0.4, -0.2) is 46.2 Å². The molecule has 2 aromatic heterocycles. The highest BCUT2D eigenvalue weighted by Crippen LogP contribution is 2.42. The van der Waals surface area contributed by atoms with E-state index in [2.05, 4.69) is 111 Å². The van der Waals surface area contributed by atoms with Gasteiger partial charge in [0.1, 0.15) is 17.1 Å². The van der Waals surface area contributed by atoms with E-state index in [0.717, 1.165) is 29.9 Å². The van der Waals surface area contributed by atoms with Gasteiger partial charge in [-0.25, -0.2) is 4.79 Å². The van der Waals surface area contributed by atoms with Crippen LogP contribution in [0.4, 0.5) is 0 Å². The molecule has 3 heterocycles. The lowest BCUT2D eigenvalue weighted by Gasteiger charge is -2.17. The first-order valence-corrected chi connectivity index (χ1v) is 21.8. The van der Waals surface area contributed by atoms with Crippen LogP contribution < -0.4 is 5.43 Å². The van der Waals surface area contributed by atoms with Gasteiger partial charge in [0.05, 0.1) is 17.0 Å². The quantitative estimate of drug-likeness (QED) is 0.165. The van der Waals surface area contributed by atoms with Crippen molar-refractivity contribution >= 4 is 16.9 Å². The summed E-state index contributed by atoms with van der Waals surface area (Å²) < 4.78 is 9.30. The van der Waals surface area contributed by atoms with Crippen LogP contribution in [0.1, 0.15) is 163 Å². The molecule has 60 heavy (non-hydrogen) atoms. The van der Waals surface area contributed by atoms with E-state index in [9.17, 15) is 19.8 Å². The second kappa shape index (κ2) is 36.7. The van der Waals surface area contributed by atoms with Gasteiger partial charge < -0.3 is 14.6 Å². The highest BCUT2D eigenvalue weighted by molar-refractivity contribution is 6.07. The fraction of sp³-hybridized carbons (Fsp3) is 0.510. The summed E-state index contributed by atoms with van der Waals surface area (Å²) in [6, 6.07) is 14.2. The van der Waals surface area contributed by atoms with Crippen LogP contribution in [-0.2, 0) is 20.0 Å². The van der Waals surface area contributed by atoms with E-state index in [1.807, 2.05) is 40.2 Å². The number of benzene rings is 3. The molecule has 0 saturated carbocycles. The summed E-state index contributed by atoms with van der Waals surface area (Å²) in [5.74, 6) is -0.683. The number of aryl methyl sites for hydroxylation is 5. The number of hydrogen-bond donors (Lipinski definition) is 2. The topological polar surface area (TPSA) is 149 Å². The number of carboxylic acid groups (broad SMARTS) is 1. The molecule has 1 aliphatic heterocycles. The van der Waals surface area contributed by atoms with Gasteiger partial charge in [-0.15, -0.1) is 10.2 Å². The Labute approximate surface area is 362 Å². The molecule has 4 aromatic rings. The minimum absolute atomic E-state index is 0.0209. The number of hydrogen-bond acceptors (Lipinski definition) is 8. The monoisotopic (exact) mass is 833 g/mol. The summed E-state index contributed by atoms with van der Waals surface area (Å²) in [6.07, 6.45) is 12.3. The molecule has 6 rings (SSSR count). The molecule has 0 saturated heterocycles. The van der Waals surface area contributed by atoms with Crippen molar-refractivity contribution in [1.29, 1.82) is 0 Å². The Balaban J connectivity index is -0.000000782. The van der Waals surface area contributed by atoms with Crippen LogP contribution in [0.3, 0.4) is 0 Å². The van der Waals surface area contributed by atoms with Gasteiger partial charge in [-0.1, -0.05) is 157 Å². The van der Waals surface area contributed by atoms with Crippen LogP contribution in [0.2, 0.25) is 0 Å². The van der Waals surface area contributed by atoms with E-state index in [1.54, 1.807) is 39.7 Å². The number of rotatable bonds is 4. The van der Waals surface area contributed by atoms with Gasteiger partial charge in [-0.3, -0.25) is 14.2 Å². The van der Waals surface area contributed by atoms with Crippen LogP contribution in [0.25, 0.3) is 33.4 Å². The SMILES string of the molecule is CCC.CCC.CCC.CCC.CCC.CCC.CCc1cn(C)nn1.CCn1cc(C)nn1.Cc1ccc(C(=O)O)c(-c2c3ccc(=O)cc-3oc3cc(O)ccc23)c1. The minimum Gasteiger partial charge on any atom is -0.508 e. The van der Waals surface area contributed by atoms with Crippen molar-refractivity contribution < 1.29 is 19.4 Å². The van der Waals surface area contributed by atoms with Crippen molar-refractivity contribution in [3.63, 3.8) is 0 Å². The third-order valence-electron chi connectivity index (χ3n) is 6.34. The highest BCUT2D eigenvalue weighted by atomic mass is 16.4. The number of aromatic hydroxyl groups is 1. The minimum atomic E-state index is -1.04. The van der Waals surface area contributed by atoms with E-state index in [1.165, 1.54) is 62.8 Å². The maximum Gasteiger partial charge on any atom is 0.336 e. The first-order chi connectivity index (χ1) is 28.6. The zero-order chi connectivity index (χ0) is 46.6. The van der Waals surface area contributed by atoms with Crippen LogP contribution in [0, 0.1) is 13.8 Å². The summed E-state index contributed by atoms with van der Waals surface area (Å²) >= 11 is 0. The second-order valence-corrected chi connectivity index (χ2v) is 13.9. The smallest absolute Gasteiger partial charge is 0.336 e. The predicted octanol–water partition coefficient (Wildman–Crippen LogP) is 13.8. The molecule has 11 nitrogen and oxygen atoms in total. The fourth-order valence-corrected chi connectivity index (χ4v) is 4.31. The summed E-state index contributed by atoms with van der Waals surface area (Å²) in [5.41, 5.74) is 5.07. The molecular formula is C49H80N6O5. The second-order valence-electron chi connectivity index (χ2n) is 13.9. The molecule has 336 valence electrons. The van der Waals surface area contributed by atoms with E-state index < -0.39 is 5.97 Å². The average Bonchev–Trinajstić information content (AvgIpc) is 3.83. The zero-order valence-corrected chi connectivity index (χ0v) is 40.3. The number of aromatic nitrogens is 6. The molecule has 0 bridgehead atoms. The van der Waals surface area contributed by atoms with Gasteiger partial charge in [-0.05, 0) is 63.1 Å².